The third kappa shape index (κ3) is 5.31. The van der Waals surface area contributed by atoms with Crippen LogP contribution < -0.4 is 0 Å². The Kier molecular flexibility index (Phi) is 4.41. The summed E-state index contributed by atoms with van der Waals surface area (Å²) in [5.41, 5.74) is 8.68. The van der Waals surface area contributed by atoms with Crippen LogP contribution in [0.25, 0.3) is 0 Å². The van der Waals surface area contributed by atoms with Crippen LogP contribution in [0.5, 0.6) is 0 Å². The topological polar surface area (TPSA) is 0 Å². The van der Waals surface area contributed by atoms with Crippen molar-refractivity contribution < 1.29 is 0 Å². The largest absolute Gasteiger partial charge is 0.0916 e. The lowest BCUT2D eigenvalue weighted by atomic mass is 9.92. The van der Waals surface area contributed by atoms with Crippen molar-refractivity contribution in [3.63, 3.8) is 0 Å². The van der Waals surface area contributed by atoms with Gasteiger partial charge >= 0.3 is 0 Å². The van der Waals surface area contributed by atoms with Gasteiger partial charge in [0.05, 0.1) is 16.1 Å². The SMILES string of the molecule is C[Si](C)(C)C=C1CCCCC1=C[Si](C)(C)C. The first-order valence-corrected chi connectivity index (χ1v) is 13.8. The monoisotopic (exact) mass is 252 g/mol. The Balaban J connectivity index is 2.97. The van der Waals surface area contributed by atoms with Gasteiger partial charge in [0.15, 0.2) is 0 Å². The van der Waals surface area contributed by atoms with E-state index >= 15 is 0 Å². The van der Waals surface area contributed by atoms with Gasteiger partial charge in [0.25, 0.3) is 0 Å². The average Bonchev–Trinajstić information content (AvgIpc) is 2.03. The molecule has 0 nitrogen and oxygen atoms in total. The fourth-order valence-electron chi connectivity index (χ4n) is 2.33. The van der Waals surface area contributed by atoms with E-state index in [1.165, 1.54) is 25.7 Å². The second kappa shape index (κ2) is 5.05. The summed E-state index contributed by atoms with van der Waals surface area (Å²) in [6, 6.07) is 0. The van der Waals surface area contributed by atoms with Crippen LogP contribution in [0.3, 0.4) is 0 Å². The fourth-order valence-corrected chi connectivity index (χ4v) is 5.08. The van der Waals surface area contributed by atoms with Crippen molar-refractivity contribution in [3.8, 4) is 0 Å². The van der Waals surface area contributed by atoms with Crippen LogP contribution in [0.15, 0.2) is 22.5 Å². The Morgan fingerprint density at radius 3 is 1.25 bits per heavy atom. The Morgan fingerprint density at radius 2 is 1.00 bits per heavy atom. The molecular formula is C14H28Si2. The molecule has 1 aliphatic rings. The maximum absolute atomic E-state index is 2.64. The lowest BCUT2D eigenvalue weighted by Gasteiger charge is -2.24. The van der Waals surface area contributed by atoms with Gasteiger partial charge < -0.3 is 0 Å². The van der Waals surface area contributed by atoms with Crippen molar-refractivity contribution in [2.75, 3.05) is 0 Å². The molecule has 0 aromatic carbocycles. The highest BCUT2D eigenvalue weighted by molar-refractivity contribution is 6.82. The van der Waals surface area contributed by atoms with E-state index in [0.717, 1.165) is 0 Å². The molecule has 0 heterocycles. The van der Waals surface area contributed by atoms with E-state index < -0.39 is 16.1 Å². The summed E-state index contributed by atoms with van der Waals surface area (Å²) in [6.07, 6.45) is 5.47. The van der Waals surface area contributed by atoms with Gasteiger partial charge in [0, 0.05) is 0 Å². The number of hydrogen-bond donors (Lipinski definition) is 0. The van der Waals surface area contributed by atoms with E-state index in [2.05, 4.69) is 50.7 Å². The van der Waals surface area contributed by atoms with Crippen molar-refractivity contribution >= 4 is 16.1 Å². The smallest absolute Gasteiger partial charge is 0.0690 e. The first-order valence-electron chi connectivity index (χ1n) is 6.61. The summed E-state index contributed by atoms with van der Waals surface area (Å²) in [4.78, 5) is 0. The molecule has 0 spiro atoms. The lowest BCUT2D eigenvalue weighted by molar-refractivity contribution is 0.680. The Labute approximate surface area is 104 Å². The molecule has 0 bridgehead atoms. The number of rotatable bonds is 2. The first-order chi connectivity index (χ1) is 7.17. The van der Waals surface area contributed by atoms with Crippen LogP contribution >= 0.6 is 0 Å². The van der Waals surface area contributed by atoms with Crippen LogP contribution in [-0.2, 0) is 0 Å². The zero-order valence-corrected chi connectivity index (χ0v) is 14.0. The first kappa shape index (κ1) is 14.0. The van der Waals surface area contributed by atoms with Crippen molar-refractivity contribution in [3.05, 3.63) is 22.5 Å². The van der Waals surface area contributed by atoms with Crippen molar-refractivity contribution in [2.24, 2.45) is 0 Å². The summed E-state index contributed by atoms with van der Waals surface area (Å²) in [5.74, 6) is 0. The predicted molar refractivity (Wildman–Crippen MR) is 81.3 cm³/mol. The third-order valence-corrected chi connectivity index (χ3v) is 5.20. The van der Waals surface area contributed by atoms with Gasteiger partial charge in [-0.25, -0.2) is 0 Å². The average molecular weight is 253 g/mol. The van der Waals surface area contributed by atoms with Gasteiger partial charge in [-0.2, -0.15) is 0 Å². The summed E-state index contributed by atoms with van der Waals surface area (Å²) >= 11 is 0. The second-order valence-electron chi connectivity index (χ2n) is 7.28. The fraction of sp³-hybridized carbons (Fsp3) is 0.714. The highest BCUT2D eigenvalue weighted by atomic mass is 28.3. The van der Waals surface area contributed by atoms with Crippen molar-refractivity contribution in [2.45, 2.75) is 65.0 Å². The molecule has 0 aromatic heterocycles. The van der Waals surface area contributed by atoms with E-state index in [0.29, 0.717) is 0 Å². The molecule has 1 rings (SSSR count). The minimum absolute atomic E-state index is 1.05. The highest BCUT2D eigenvalue weighted by Crippen LogP contribution is 2.31. The lowest BCUT2D eigenvalue weighted by Crippen LogP contribution is -2.21. The maximum atomic E-state index is 2.64. The highest BCUT2D eigenvalue weighted by Gasteiger charge is 2.19. The summed E-state index contributed by atoms with van der Waals surface area (Å²) < 4.78 is 0. The van der Waals surface area contributed by atoms with Crippen LogP contribution in [0.2, 0.25) is 39.3 Å². The second-order valence-corrected chi connectivity index (χ2v) is 17.3. The summed E-state index contributed by atoms with van der Waals surface area (Å²) in [5, 5.41) is 0. The van der Waals surface area contributed by atoms with Crippen LogP contribution in [0.1, 0.15) is 25.7 Å². The van der Waals surface area contributed by atoms with Crippen molar-refractivity contribution in [1.29, 1.82) is 0 Å². The van der Waals surface area contributed by atoms with Crippen LogP contribution in [0, 0.1) is 0 Å². The molecule has 0 radical (unpaired) electrons. The van der Waals surface area contributed by atoms with Crippen LogP contribution in [0.4, 0.5) is 0 Å². The molecule has 0 aromatic rings. The normalized spacial score (nSPS) is 24.1. The Morgan fingerprint density at radius 1 is 0.688 bits per heavy atom. The molecule has 0 amide bonds. The summed E-state index contributed by atoms with van der Waals surface area (Å²) in [7, 11) is -2.10. The molecule has 0 unspecified atom stereocenters. The van der Waals surface area contributed by atoms with E-state index in [4.69, 9.17) is 0 Å². The van der Waals surface area contributed by atoms with Crippen molar-refractivity contribution in [1.82, 2.24) is 0 Å². The van der Waals surface area contributed by atoms with Gasteiger partial charge in [-0.1, -0.05) is 61.8 Å². The minimum atomic E-state index is -1.05. The van der Waals surface area contributed by atoms with Gasteiger partial charge in [-0.05, 0) is 25.7 Å². The molecule has 0 aliphatic heterocycles. The van der Waals surface area contributed by atoms with E-state index in [9.17, 15) is 0 Å². The maximum Gasteiger partial charge on any atom is 0.0690 e. The molecule has 1 fully saturated rings. The number of hydrogen-bond acceptors (Lipinski definition) is 0. The summed E-state index contributed by atoms with van der Waals surface area (Å²) in [6.45, 7) is 14.7. The molecule has 1 saturated carbocycles. The molecule has 1 aliphatic carbocycles. The molecule has 16 heavy (non-hydrogen) atoms. The van der Waals surface area contributed by atoms with Gasteiger partial charge in [0.2, 0.25) is 0 Å². The zero-order chi connectivity index (χ0) is 12.4. The van der Waals surface area contributed by atoms with Crippen LogP contribution in [-0.4, -0.2) is 16.1 Å². The van der Waals surface area contributed by atoms with E-state index in [-0.39, 0.29) is 0 Å². The van der Waals surface area contributed by atoms with E-state index in [1.807, 2.05) is 0 Å². The molecule has 92 valence electrons. The Bertz CT molecular complexity index is 266. The number of allylic oxidation sites excluding steroid dienone is 2. The third-order valence-electron chi connectivity index (χ3n) is 2.77. The molecule has 2 heteroatoms. The zero-order valence-electron chi connectivity index (χ0n) is 12.0. The minimum Gasteiger partial charge on any atom is -0.0916 e. The molecule has 0 atom stereocenters. The molecule has 0 N–H and O–H groups in total. The van der Waals surface area contributed by atoms with E-state index in [1.54, 1.807) is 11.1 Å². The standard InChI is InChI=1S/C14H28Si2/c1-15(2,3)11-13-9-7-8-10-14(13)12-16(4,5)6/h11-12H,7-10H2,1-6H3. The van der Waals surface area contributed by atoms with Gasteiger partial charge in [-0.15, -0.1) is 0 Å². The van der Waals surface area contributed by atoms with Gasteiger partial charge in [-0.3, -0.25) is 0 Å². The predicted octanol–water partition coefficient (Wildman–Crippen LogP) is 5.17. The molecule has 0 saturated heterocycles. The van der Waals surface area contributed by atoms with Gasteiger partial charge in [0.1, 0.15) is 0 Å². The Hall–Kier alpha value is -0.0862. The molecular weight excluding hydrogens is 224 g/mol. The quantitative estimate of drug-likeness (QED) is 0.595.